The number of methoxy groups -OCH3 is 1. The van der Waals surface area contributed by atoms with Gasteiger partial charge in [0.2, 0.25) is 5.71 Å². The average Bonchev–Trinajstić information content (AvgIpc) is 2.81. The van der Waals surface area contributed by atoms with Gasteiger partial charge in [-0.2, -0.15) is 14.5 Å². The number of rotatable bonds is 5. The van der Waals surface area contributed by atoms with E-state index in [1.165, 1.54) is 44.5 Å². The molecule has 35 heavy (non-hydrogen) atoms. The second kappa shape index (κ2) is 9.95. The number of hydrogen-bond acceptors (Lipinski definition) is 9. The summed E-state index contributed by atoms with van der Waals surface area (Å²) in [6, 6.07) is 9.42. The van der Waals surface area contributed by atoms with Crippen molar-refractivity contribution in [1.82, 2.24) is 4.90 Å². The van der Waals surface area contributed by atoms with Crippen molar-refractivity contribution in [2.45, 2.75) is 13.8 Å². The molecular weight excluding hydrogens is 460 g/mol. The number of amides is 4. The molecule has 0 spiro atoms. The number of carbonyl (C=O) groups is 5. The maximum absolute atomic E-state index is 13.1. The van der Waals surface area contributed by atoms with E-state index in [9.17, 15) is 24.0 Å². The first-order chi connectivity index (χ1) is 16.5. The minimum atomic E-state index is -1.03. The van der Waals surface area contributed by atoms with Gasteiger partial charge in [0.1, 0.15) is 11.4 Å². The molecule has 2 N–H and O–H groups in total. The number of benzene rings is 2. The Labute approximate surface area is 199 Å². The number of nitrogens with two attached hydrogens (primary N) is 1. The molecule has 12 nitrogen and oxygen atoms in total. The van der Waals surface area contributed by atoms with Gasteiger partial charge in [-0.25, -0.2) is 9.59 Å². The van der Waals surface area contributed by atoms with Crippen LogP contribution in [0.1, 0.15) is 24.2 Å². The Hall–Kier alpha value is -4.87. The lowest BCUT2D eigenvalue weighted by molar-refractivity contribution is -0.342. The minimum absolute atomic E-state index is 0.196. The van der Waals surface area contributed by atoms with Crippen molar-refractivity contribution in [1.29, 1.82) is 0 Å². The molecule has 2 aromatic carbocycles. The summed E-state index contributed by atoms with van der Waals surface area (Å²) in [7, 11) is 2.68. The Bertz CT molecular complexity index is 1310. The zero-order valence-corrected chi connectivity index (χ0v) is 19.2. The molecule has 1 heterocycles. The first kappa shape index (κ1) is 24.8. The average molecular weight is 481 g/mol. The summed E-state index contributed by atoms with van der Waals surface area (Å²) in [6.45, 7) is 2.22. The van der Waals surface area contributed by atoms with Crippen molar-refractivity contribution in [2.24, 2.45) is 10.7 Å². The normalized spacial score (nSPS) is 14.7. The van der Waals surface area contributed by atoms with Crippen LogP contribution in [-0.4, -0.2) is 65.0 Å². The lowest BCUT2D eigenvalue weighted by Crippen LogP contribution is -2.55. The number of nitrogens with zero attached hydrogens (tertiary/aromatic N) is 3. The highest BCUT2D eigenvalue weighted by Gasteiger charge is 2.42. The molecule has 0 unspecified atom stereocenters. The molecule has 12 heteroatoms. The van der Waals surface area contributed by atoms with Crippen molar-refractivity contribution in [2.75, 3.05) is 14.2 Å². The van der Waals surface area contributed by atoms with Crippen LogP contribution in [0.2, 0.25) is 0 Å². The molecule has 0 aliphatic carbocycles. The van der Waals surface area contributed by atoms with Crippen molar-refractivity contribution in [3.8, 4) is 17.2 Å². The largest absolute Gasteiger partial charge is 0.497 e. The lowest BCUT2D eigenvalue weighted by Gasteiger charge is -2.20. The van der Waals surface area contributed by atoms with E-state index in [1.807, 2.05) is 0 Å². The summed E-state index contributed by atoms with van der Waals surface area (Å²) < 4.78 is 16.2. The van der Waals surface area contributed by atoms with Gasteiger partial charge >= 0.3 is 23.9 Å². The number of carbonyl (C=O) groups excluding carboxylic acids is 5. The summed E-state index contributed by atoms with van der Waals surface area (Å²) in [5, 5.41) is 0. The second-order valence-corrected chi connectivity index (χ2v) is 7.15. The number of amidine groups is 1. The maximum atomic E-state index is 13.1. The third-order valence-electron chi connectivity index (χ3n) is 4.72. The number of esters is 2. The predicted octanol–water partition coefficient (Wildman–Crippen LogP) is 1.42. The summed E-state index contributed by atoms with van der Waals surface area (Å²) >= 11 is 0. The number of imide groups is 1. The van der Waals surface area contributed by atoms with Crippen molar-refractivity contribution < 1.29 is 42.8 Å². The molecular formula is C23H21N4O8+. The van der Waals surface area contributed by atoms with Gasteiger partial charge in [0.25, 0.3) is 11.7 Å². The molecule has 0 aromatic heterocycles. The quantitative estimate of drug-likeness (QED) is 0.379. The van der Waals surface area contributed by atoms with Crippen molar-refractivity contribution >= 4 is 47.0 Å². The zero-order chi connectivity index (χ0) is 25.9. The van der Waals surface area contributed by atoms with E-state index in [2.05, 4.69) is 4.99 Å². The fraction of sp³-hybridized carbons (Fsp3) is 0.174. The van der Waals surface area contributed by atoms with Crippen molar-refractivity contribution in [3.05, 3.63) is 48.0 Å². The molecule has 1 aliphatic heterocycles. The molecule has 2 aromatic rings. The van der Waals surface area contributed by atoms with Crippen molar-refractivity contribution in [3.63, 3.8) is 0 Å². The smallest absolute Gasteiger partial charge is 0.451 e. The van der Waals surface area contributed by atoms with E-state index >= 15 is 0 Å². The van der Waals surface area contributed by atoms with Crippen LogP contribution >= 0.6 is 0 Å². The third kappa shape index (κ3) is 5.05. The number of aliphatic imine (C=N–C) groups is 1. The van der Waals surface area contributed by atoms with Gasteiger partial charge in [-0.05, 0) is 36.4 Å². The monoisotopic (exact) mass is 481 g/mol. The number of urea groups is 1. The lowest BCUT2D eigenvalue weighted by atomic mass is 10.1. The summed E-state index contributed by atoms with van der Waals surface area (Å²) in [4.78, 5) is 66.2. The maximum Gasteiger partial charge on any atom is 0.451 e. The van der Waals surface area contributed by atoms with Crippen LogP contribution in [0.4, 0.5) is 10.5 Å². The highest BCUT2D eigenvalue weighted by molar-refractivity contribution is 6.68. The van der Waals surface area contributed by atoms with E-state index in [-0.39, 0.29) is 22.9 Å². The summed E-state index contributed by atoms with van der Waals surface area (Å²) in [5.41, 5.74) is 5.62. The van der Waals surface area contributed by atoms with Gasteiger partial charge < -0.3 is 19.9 Å². The fourth-order valence-electron chi connectivity index (χ4n) is 3.13. The molecule has 0 radical (unpaired) electrons. The van der Waals surface area contributed by atoms with E-state index in [1.54, 1.807) is 12.1 Å². The highest BCUT2D eigenvalue weighted by Crippen LogP contribution is 2.32. The zero-order valence-electron chi connectivity index (χ0n) is 19.2. The Balaban J connectivity index is 2.14. The first-order valence-corrected chi connectivity index (χ1v) is 10.1. The Morgan fingerprint density at radius 2 is 1.60 bits per heavy atom. The van der Waals surface area contributed by atoms with Gasteiger partial charge in [0.15, 0.2) is 11.5 Å². The topological polar surface area (TPSA) is 158 Å². The van der Waals surface area contributed by atoms with E-state index in [0.29, 0.717) is 11.4 Å². The second-order valence-electron chi connectivity index (χ2n) is 7.15. The van der Waals surface area contributed by atoms with Crippen LogP contribution in [-0.2, 0) is 14.4 Å². The Kier molecular flexibility index (Phi) is 7.04. The molecule has 4 amide bonds. The third-order valence-corrected chi connectivity index (χ3v) is 4.72. The SMILES string of the molecule is COc1ccc([N+]2=C(N)C(=NC(=O)c3cccc(OC(C)=O)c3OC(C)=O)C(=O)N(C)C2=O)cc1. The van der Waals surface area contributed by atoms with Crippen LogP contribution in [0.5, 0.6) is 17.2 Å². The van der Waals surface area contributed by atoms with Crippen LogP contribution in [0, 0.1) is 0 Å². The molecule has 0 saturated heterocycles. The number of ether oxygens (including phenoxy) is 3. The highest BCUT2D eigenvalue weighted by atomic mass is 16.6. The number of para-hydroxylation sites is 1. The molecule has 180 valence electrons. The minimum Gasteiger partial charge on any atom is -0.497 e. The summed E-state index contributed by atoms with van der Waals surface area (Å²) in [5.74, 6) is -3.88. The van der Waals surface area contributed by atoms with E-state index in [0.717, 1.165) is 23.3 Å². The molecule has 0 bridgehead atoms. The van der Waals surface area contributed by atoms with Gasteiger partial charge in [0.05, 0.1) is 19.7 Å². The first-order valence-electron chi connectivity index (χ1n) is 10.1. The van der Waals surface area contributed by atoms with Crippen LogP contribution in [0.3, 0.4) is 0 Å². The fourth-order valence-corrected chi connectivity index (χ4v) is 3.13. The molecule has 0 saturated carbocycles. The van der Waals surface area contributed by atoms with E-state index in [4.69, 9.17) is 19.9 Å². The predicted molar refractivity (Wildman–Crippen MR) is 121 cm³/mol. The number of hydrogen-bond donors (Lipinski definition) is 1. The van der Waals surface area contributed by atoms with Crippen LogP contribution in [0.25, 0.3) is 0 Å². The van der Waals surface area contributed by atoms with Gasteiger partial charge in [-0.3, -0.25) is 14.4 Å². The molecule has 0 atom stereocenters. The molecule has 1 aliphatic rings. The molecule has 0 fully saturated rings. The Morgan fingerprint density at radius 1 is 0.971 bits per heavy atom. The standard InChI is InChI=1S/C23H20N4O8/c1-12(28)34-17-7-5-6-16(19(17)35-13(2)29)21(30)25-18-20(24)27(23(32)26(3)22(18)31)14-8-10-15(33-4)11-9-14/h5-11,24H,1-4H3/p+1. The van der Waals surface area contributed by atoms with Gasteiger partial charge in [-0.15, -0.1) is 0 Å². The van der Waals surface area contributed by atoms with Gasteiger partial charge in [0, 0.05) is 13.8 Å². The Morgan fingerprint density at radius 3 is 2.17 bits per heavy atom. The van der Waals surface area contributed by atoms with Gasteiger partial charge in [-0.1, -0.05) is 6.07 Å². The van der Waals surface area contributed by atoms with Crippen LogP contribution < -0.4 is 19.9 Å². The summed E-state index contributed by atoms with van der Waals surface area (Å²) in [6.07, 6.45) is 0. The van der Waals surface area contributed by atoms with Crippen LogP contribution in [0.15, 0.2) is 47.5 Å². The molecule has 3 rings (SSSR count). The van der Waals surface area contributed by atoms with E-state index < -0.39 is 35.5 Å².